The van der Waals surface area contributed by atoms with Crippen molar-refractivity contribution in [3.8, 4) is 0 Å². The molecular formula is C20H19N3O2. The number of carbonyl (C=O) groups is 1. The standard InChI is InChI=1S/C20H19N3O2/c1-15-13-19(24)22(16(2)21-15)14-20(25)23(17-9-5-3-6-10-17)18-11-7-4-8-12-18/h3-13H,14H2,1-2H3. The maximum atomic E-state index is 13.0. The fraction of sp³-hybridized carbons (Fsp3) is 0.150. The largest absolute Gasteiger partial charge is 0.287 e. The van der Waals surface area contributed by atoms with Crippen molar-refractivity contribution in [3.63, 3.8) is 0 Å². The Morgan fingerprint density at radius 3 is 1.96 bits per heavy atom. The van der Waals surface area contributed by atoms with Crippen molar-refractivity contribution >= 4 is 17.3 Å². The number of amides is 1. The van der Waals surface area contributed by atoms with Gasteiger partial charge in [0.2, 0.25) is 0 Å². The highest BCUT2D eigenvalue weighted by Gasteiger charge is 2.19. The number of benzene rings is 2. The van der Waals surface area contributed by atoms with E-state index < -0.39 is 0 Å². The lowest BCUT2D eigenvalue weighted by atomic mass is 10.2. The van der Waals surface area contributed by atoms with Crippen molar-refractivity contribution in [2.24, 2.45) is 0 Å². The van der Waals surface area contributed by atoms with E-state index >= 15 is 0 Å². The molecule has 1 amide bonds. The zero-order chi connectivity index (χ0) is 17.8. The quantitative estimate of drug-likeness (QED) is 0.736. The molecule has 0 unspecified atom stereocenters. The Labute approximate surface area is 146 Å². The van der Waals surface area contributed by atoms with Crippen LogP contribution in [-0.4, -0.2) is 15.5 Å². The van der Waals surface area contributed by atoms with Crippen LogP contribution in [0, 0.1) is 13.8 Å². The van der Waals surface area contributed by atoms with Crippen LogP contribution in [0.1, 0.15) is 11.5 Å². The summed E-state index contributed by atoms with van der Waals surface area (Å²) in [6.07, 6.45) is 0. The summed E-state index contributed by atoms with van der Waals surface area (Å²) in [6, 6.07) is 20.2. The lowest BCUT2D eigenvalue weighted by Crippen LogP contribution is -2.35. The number of nitrogens with zero attached hydrogens (tertiary/aromatic N) is 3. The van der Waals surface area contributed by atoms with E-state index in [0.29, 0.717) is 11.5 Å². The van der Waals surface area contributed by atoms with Gasteiger partial charge in [0.1, 0.15) is 12.4 Å². The van der Waals surface area contributed by atoms with Gasteiger partial charge in [-0.05, 0) is 38.1 Å². The van der Waals surface area contributed by atoms with Crippen LogP contribution < -0.4 is 10.5 Å². The zero-order valence-electron chi connectivity index (χ0n) is 14.2. The summed E-state index contributed by atoms with van der Waals surface area (Å²) >= 11 is 0. The summed E-state index contributed by atoms with van der Waals surface area (Å²) in [4.78, 5) is 31.2. The second kappa shape index (κ2) is 7.13. The minimum atomic E-state index is -0.223. The molecule has 5 heteroatoms. The number of hydrogen-bond donors (Lipinski definition) is 0. The first kappa shape index (κ1) is 16.6. The fourth-order valence-corrected chi connectivity index (χ4v) is 2.75. The Bertz CT molecular complexity index is 895. The van der Waals surface area contributed by atoms with Gasteiger partial charge < -0.3 is 0 Å². The molecular weight excluding hydrogens is 314 g/mol. The molecule has 0 fully saturated rings. The molecule has 0 aliphatic rings. The van der Waals surface area contributed by atoms with Gasteiger partial charge in [0.15, 0.2) is 0 Å². The molecule has 0 spiro atoms. The van der Waals surface area contributed by atoms with Crippen molar-refractivity contribution in [2.75, 3.05) is 4.90 Å². The topological polar surface area (TPSA) is 55.2 Å². The molecule has 126 valence electrons. The molecule has 0 N–H and O–H groups in total. The van der Waals surface area contributed by atoms with E-state index in [1.807, 2.05) is 60.7 Å². The number of carbonyl (C=O) groups excluding carboxylic acids is 1. The van der Waals surface area contributed by atoms with Gasteiger partial charge in [-0.25, -0.2) is 4.98 Å². The Kier molecular flexibility index (Phi) is 4.75. The molecule has 0 saturated heterocycles. The molecule has 0 radical (unpaired) electrons. The summed E-state index contributed by atoms with van der Waals surface area (Å²) in [5.41, 5.74) is 1.93. The monoisotopic (exact) mass is 333 g/mol. The third-order valence-corrected chi connectivity index (χ3v) is 3.90. The Balaban J connectivity index is 2.00. The predicted molar refractivity (Wildman–Crippen MR) is 98.0 cm³/mol. The molecule has 2 aromatic carbocycles. The first-order valence-electron chi connectivity index (χ1n) is 8.04. The van der Waals surface area contributed by atoms with E-state index in [0.717, 1.165) is 11.4 Å². The van der Waals surface area contributed by atoms with E-state index in [2.05, 4.69) is 4.98 Å². The predicted octanol–water partition coefficient (Wildman–Crippen LogP) is 3.23. The van der Waals surface area contributed by atoms with Gasteiger partial charge in [-0.2, -0.15) is 0 Å². The second-order valence-corrected chi connectivity index (χ2v) is 5.77. The molecule has 1 aromatic heterocycles. The van der Waals surface area contributed by atoms with E-state index in [9.17, 15) is 9.59 Å². The molecule has 0 bridgehead atoms. The molecule has 25 heavy (non-hydrogen) atoms. The van der Waals surface area contributed by atoms with E-state index in [-0.39, 0.29) is 18.0 Å². The third kappa shape index (κ3) is 3.66. The van der Waals surface area contributed by atoms with Crippen LogP contribution in [0.5, 0.6) is 0 Å². The van der Waals surface area contributed by atoms with Crippen LogP contribution >= 0.6 is 0 Å². The zero-order valence-corrected chi connectivity index (χ0v) is 14.2. The molecule has 3 aromatic rings. The summed E-state index contributed by atoms with van der Waals surface area (Å²) in [5.74, 6) is 0.327. The molecule has 0 aliphatic heterocycles. The minimum absolute atomic E-state index is 0.0677. The molecule has 0 atom stereocenters. The summed E-state index contributed by atoms with van der Waals surface area (Å²) in [5, 5.41) is 0. The minimum Gasteiger partial charge on any atom is -0.287 e. The molecule has 1 heterocycles. The number of hydrogen-bond acceptors (Lipinski definition) is 3. The average molecular weight is 333 g/mol. The maximum Gasteiger partial charge on any atom is 0.254 e. The molecule has 5 nitrogen and oxygen atoms in total. The lowest BCUT2D eigenvalue weighted by Gasteiger charge is -2.23. The van der Waals surface area contributed by atoms with Crippen LogP contribution in [0.4, 0.5) is 11.4 Å². The number of anilines is 2. The van der Waals surface area contributed by atoms with E-state index in [1.165, 1.54) is 10.6 Å². The normalized spacial score (nSPS) is 10.5. The van der Waals surface area contributed by atoms with Crippen molar-refractivity contribution in [1.29, 1.82) is 0 Å². The highest BCUT2D eigenvalue weighted by atomic mass is 16.2. The highest BCUT2D eigenvalue weighted by molar-refractivity contribution is 6.00. The van der Waals surface area contributed by atoms with Crippen molar-refractivity contribution in [1.82, 2.24) is 9.55 Å². The van der Waals surface area contributed by atoms with Gasteiger partial charge in [0.05, 0.1) is 0 Å². The van der Waals surface area contributed by atoms with Crippen LogP contribution in [0.15, 0.2) is 71.5 Å². The SMILES string of the molecule is Cc1cc(=O)n(CC(=O)N(c2ccccc2)c2ccccc2)c(C)n1. The van der Waals surface area contributed by atoms with Crippen LogP contribution in [0.25, 0.3) is 0 Å². The third-order valence-electron chi connectivity index (χ3n) is 3.90. The molecule has 0 saturated carbocycles. The van der Waals surface area contributed by atoms with Gasteiger partial charge in [-0.15, -0.1) is 0 Å². The van der Waals surface area contributed by atoms with Gasteiger partial charge in [-0.1, -0.05) is 36.4 Å². The fourth-order valence-electron chi connectivity index (χ4n) is 2.75. The Morgan fingerprint density at radius 1 is 0.960 bits per heavy atom. The first-order valence-corrected chi connectivity index (χ1v) is 8.04. The highest BCUT2D eigenvalue weighted by Crippen LogP contribution is 2.25. The number of aryl methyl sites for hydroxylation is 2. The van der Waals surface area contributed by atoms with Gasteiger partial charge >= 0.3 is 0 Å². The van der Waals surface area contributed by atoms with Gasteiger partial charge in [0.25, 0.3) is 11.5 Å². The smallest absolute Gasteiger partial charge is 0.254 e. The van der Waals surface area contributed by atoms with Crippen LogP contribution in [0.2, 0.25) is 0 Å². The summed E-state index contributed by atoms with van der Waals surface area (Å²) in [7, 11) is 0. The maximum absolute atomic E-state index is 13.0. The second-order valence-electron chi connectivity index (χ2n) is 5.77. The summed E-state index contributed by atoms with van der Waals surface area (Å²) < 4.78 is 1.40. The summed E-state index contributed by atoms with van der Waals surface area (Å²) in [6.45, 7) is 3.43. The Morgan fingerprint density at radius 2 is 1.48 bits per heavy atom. The molecule has 0 aliphatic carbocycles. The number of para-hydroxylation sites is 2. The van der Waals surface area contributed by atoms with Crippen molar-refractivity contribution < 1.29 is 4.79 Å². The van der Waals surface area contributed by atoms with Crippen LogP contribution in [0.3, 0.4) is 0 Å². The van der Waals surface area contributed by atoms with E-state index in [1.54, 1.807) is 18.7 Å². The van der Waals surface area contributed by atoms with Crippen molar-refractivity contribution in [3.05, 3.63) is 88.6 Å². The lowest BCUT2D eigenvalue weighted by molar-refractivity contribution is -0.118. The molecule has 3 rings (SSSR count). The average Bonchev–Trinajstić information content (AvgIpc) is 2.60. The van der Waals surface area contributed by atoms with Crippen molar-refractivity contribution in [2.45, 2.75) is 20.4 Å². The Hall–Kier alpha value is -3.21. The van der Waals surface area contributed by atoms with E-state index in [4.69, 9.17) is 0 Å². The first-order chi connectivity index (χ1) is 12.1. The number of aromatic nitrogens is 2. The van der Waals surface area contributed by atoms with Gasteiger partial charge in [-0.3, -0.25) is 19.1 Å². The van der Waals surface area contributed by atoms with Crippen LogP contribution in [-0.2, 0) is 11.3 Å². The van der Waals surface area contributed by atoms with Gasteiger partial charge in [0, 0.05) is 23.1 Å². The number of rotatable bonds is 4.